The Hall–Kier alpha value is -1.12. The van der Waals surface area contributed by atoms with Crippen LogP contribution in [0.2, 0.25) is 0 Å². The summed E-state index contributed by atoms with van der Waals surface area (Å²) < 4.78 is 5.96. The van der Waals surface area contributed by atoms with Crippen molar-refractivity contribution in [2.24, 2.45) is 0 Å². The Morgan fingerprint density at radius 3 is 2.80 bits per heavy atom. The van der Waals surface area contributed by atoms with Crippen molar-refractivity contribution in [2.75, 3.05) is 19.7 Å². The first-order chi connectivity index (χ1) is 7.37. The van der Waals surface area contributed by atoms with Gasteiger partial charge >= 0.3 is 0 Å². The molecule has 1 aliphatic heterocycles. The molecule has 80 valence electrons. The van der Waals surface area contributed by atoms with Gasteiger partial charge in [0.05, 0.1) is 6.61 Å². The van der Waals surface area contributed by atoms with Gasteiger partial charge in [-0.2, -0.15) is 0 Å². The number of benzene rings is 1. The molecule has 1 heterocycles. The lowest BCUT2D eigenvalue weighted by Crippen LogP contribution is -2.47. The Morgan fingerprint density at radius 1 is 1.40 bits per heavy atom. The van der Waals surface area contributed by atoms with Crippen molar-refractivity contribution >= 4 is 0 Å². The first-order valence-electron chi connectivity index (χ1n) is 5.38. The highest BCUT2D eigenvalue weighted by Crippen LogP contribution is 2.30. The summed E-state index contributed by atoms with van der Waals surface area (Å²) in [4.78, 5) is 0. The molecule has 0 amide bonds. The zero-order chi connectivity index (χ0) is 10.6. The maximum Gasteiger partial charge on any atom is 0.109 e. The summed E-state index contributed by atoms with van der Waals surface area (Å²) in [5.74, 6) is 0. The summed E-state index contributed by atoms with van der Waals surface area (Å²) in [5.41, 5.74) is 1.03. The summed E-state index contributed by atoms with van der Waals surface area (Å²) in [6.07, 6.45) is 2.78. The second-order valence-corrected chi connectivity index (χ2v) is 3.88. The second kappa shape index (κ2) is 4.60. The van der Waals surface area contributed by atoms with E-state index in [0.29, 0.717) is 0 Å². The molecule has 1 atom stereocenters. The van der Waals surface area contributed by atoms with Gasteiger partial charge in [0.2, 0.25) is 0 Å². The van der Waals surface area contributed by atoms with Crippen LogP contribution in [0.3, 0.4) is 0 Å². The molecule has 1 aromatic rings. The number of morpholine rings is 1. The van der Waals surface area contributed by atoms with Gasteiger partial charge in [-0.1, -0.05) is 36.4 Å². The van der Waals surface area contributed by atoms with E-state index in [4.69, 9.17) is 4.74 Å². The third-order valence-corrected chi connectivity index (χ3v) is 2.84. The molecule has 2 nitrogen and oxygen atoms in total. The Labute approximate surface area is 91.0 Å². The van der Waals surface area contributed by atoms with Crippen LogP contribution in [0.4, 0.5) is 0 Å². The molecule has 1 aromatic carbocycles. The molecule has 1 aliphatic rings. The van der Waals surface area contributed by atoms with Gasteiger partial charge in [-0.3, -0.25) is 0 Å². The number of rotatable bonds is 3. The molecule has 0 saturated carbocycles. The van der Waals surface area contributed by atoms with Crippen LogP contribution in [-0.2, 0) is 10.3 Å². The fraction of sp³-hybridized carbons (Fsp3) is 0.385. The van der Waals surface area contributed by atoms with Gasteiger partial charge < -0.3 is 10.1 Å². The molecule has 1 fully saturated rings. The molecule has 1 N–H and O–H groups in total. The molecular weight excluding hydrogens is 186 g/mol. The van der Waals surface area contributed by atoms with E-state index in [-0.39, 0.29) is 5.60 Å². The molecule has 0 radical (unpaired) electrons. The van der Waals surface area contributed by atoms with Crippen LogP contribution in [-0.4, -0.2) is 19.7 Å². The van der Waals surface area contributed by atoms with Gasteiger partial charge in [-0.05, 0) is 12.0 Å². The topological polar surface area (TPSA) is 21.3 Å². The van der Waals surface area contributed by atoms with E-state index >= 15 is 0 Å². The van der Waals surface area contributed by atoms with Crippen LogP contribution >= 0.6 is 0 Å². The zero-order valence-electron chi connectivity index (χ0n) is 8.91. The lowest BCUT2D eigenvalue weighted by Gasteiger charge is -2.37. The third-order valence-electron chi connectivity index (χ3n) is 2.84. The summed E-state index contributed by atoms with van der Waals surface area (Å²) in [5, 5.41) is 3.39. The van der Waals surface area contributed by atoms with E-state index in [0.717, 1.165) is 26.1 Å². The molecule has 0 aromatic heterocycles. The van der Waals surface area contributed by atoms with E-state index in [1.54, 1.807) is 0 Å². The largest absolute Gasteiger partial charge is 0.367 e. The Balaban J connectivity index is 2.29. The van der Waals surface area contributed by atoms with Gasteiger partial charge in [-0.25, -0.2) is 0 Å². The van der Waals surface area contributed by atoms with Crippen molar-refractivity contribution in [1.82, 2.24) is 5.32 Å². The van der Waals surface area contributed by atoms with E-state index in [2.05, 4.69) is 36.2 Å². The highest BCUT2D eigenvalue weighted by molar-refractivity contribution is 5.24. The highest BCUT2D eigenvalue weighted by atomic mass is 16.5. The molecule has 2 heteroatoms. The predicted octanol–water partition coefficient (Wildman–Crippen LogP) is 2.08. The van der Waals surface area contributed by atoms with E-state index in [1.807, 2.05) is 12.1 Å². The maximum absolute atomic E-state index is 5.96. The highest BCUT2D eigenvalue weighted by Gasteiger charge is 2.33. The number of hydrogen-bond donors (Lipinski definition) is 1. The lowest BCUT2D eigenvalue weighted by molar-refractivity contribution is -0.0690. The minimum Gasteiger partial charge on any atom is -0.367 e. The number of hydrogen-bond acceptors (Lipinski definition) is 2. The van der Waals surface area contributed by atoms with E-state index in [9.17, 15) is 0 Å². The van der Waals surface area contributed by atoms with Crippen molar-refractivity contribution in [3.8, 4) is 0 Å². The molecule has 0 aliphatic carbocycles. The SMILES string of the molecule is C=CCC1(c2ccccc2)CNCCO1. The Morgan fingerprint density at radius 2 is 2.20 bits per heavy atom. The van der Waals surface area contributed by atoms with E-state index in [1.165, 1.54) is 5.56 Å². The number of ether oxygens (including phenoxy) is 1. The van der Waals surface area contributed by atoms with Crippen LogP contribution in [0.1, 0.15) is 12.0 Å². The zero-order valence-corrected chi connectivity index (χ0v) is 8.91. The smallest absolute Gasteiger partial charge is 0.109 e. The van der Waals surface area contributed by atoms with Crippen molar-refractivity contribution in [3.63, 3.8) is 0 Å². The van der Waals surface area contributed by atoms with Gasteiger partial charge in [0, 0.05) is 13.1 Å². The van der Waals surface area contributed by atoms with Crippen LogP contribution in [0, 0.1) is 0 Å². The maximum atomic E-state index is 5.96. The van der Waals surface area contributed by atoms with Crippen molar-refractivity contribution in [2.45, 2.75) is 12.0 Å². The Bertz CT molecular complexity index is 315. The Kier molecular flexibility index (Phi) is 3.19. The van der Waals surface area contributed by atoms with Gasteiger partial charge in [0.15, 0.2) is 0 Å². The standard InChI is InChI=1S/C13H17NO/c1-2-8-13(11-14-9-10-15-13)12-6-4-3-5-7-12/h2-7,14H,1,8-11H2. The fourth-order valence-corrected chi connectivity index (χ4v) is 2.07. The monoisotopic (exact) mass is 203 g/mol. The lowest BCUT2D eigenvalue weighted by atomic mass is 9.89. The summed E-state index contributed by atoms with van der Waals surface area (Å²) in [6.45, 7) is 6.38. The molecule has 0 bridgehead atoms. The van der Waals surface area contributed by atoms with Gasteiger partial charge in [0.1, 0.15) is 5.60 Å². The van der Waals surface area contributed by atoms with Crippen molar-refractivity contribution in [1.29, 1.82) is 0 Å². The second-order valence-electron chi connectivity index (χ2n) is 3.88. The van der Waals surface area contributed by atoms with E-state index < -0.39 is 0 Å². The van der Waals surface area contributed by atoms with Crippen LogP contribution in [0.25, 0.3) is 0 Å². The molecule has 1 saturated heterocycles. The minimum atomic E-state index is -0.207. The summed E-state index contributed by atoms with van der Waals surface area (Å²) in [6, 6.07) is 10.4. The van der Waals surface area contributed by atoms with Crippen molar-refractivity contribution < 1.29 is 4.74 Å². The molecule has 0 spiro atoms. The molecular formula is C13H17NO. The minimum absolute atomic E-state index is 0.207. The molecule has 2 rings (SSSR count). The molecule has 15 heavy (non-hydrogen) atoms. The normalized spacial score (nSPS) is 26.1. The van der Waals surface area contributed by atoms with Crippen LogP contribution in [0.15, 0.2) is 43.0 Å². The summed E-state index contributed by atoms with van der Waals surface area (Å²) in [7, 11) is 0. The van der Waals surface area contributed by atoms with Crippen molar-refractivity contribution in [3.05, 3.63) is 48.6 Å². The quantitative estimate of drug-likeness (QED) is 0.759. The summed E-state index contributed by atoms with van der Waals surface area (Å²) >= 11 is 0. The van der Waals surface area contributed by atoms with Gasteiger partial charge in [0.25, 0.3) is 0 Å². The average Bonchev–Trinajstić information content (AvgIpc) is 2.32. The third kappa shape index (κ3) is 2.11. The first-order valence-corrected chi connectivity index (χ1v) is 5.38. The average molecular weight is 203 g/mol. The first kappa shape index (κ1) is 10.4. The fourth-order valence-electron chi connectivity index (χ4n) is 2.07. The van der Waals surface area contributed by atoms with Crippen LogP contribution < -0.4 is 5.32 Å². The number of nitrogens with one attached hydrogen (secondary N) is 1. The molecule has 1 unspecified atom stereocenters. The predicted molar refractivity (Wildman–Crippen MR) is 61.8 cm³/mol. The van der Waals surface area contributed by atoms with Crippen LogP contribution in [0.5, 0.6) is 0 Å². The van der Waals surface area contributed by atoms with Gasteiger partial charge in [-0.15, -0.1) is 6.58 Å².